The van der Waals surface area contributed by atoms with E-state index in [-0.39, 0.29) is 11.5 Å². The highest BCUT2D eigenvalue weighted by Crippen LogP contribution is 2.20. The van der Waals surface area contributed by atoms with E-state index in [1.165, 1.54) is 4.90 Å². The molecule has 0 unspecified atom stereocenters. The van der Waals surface area contributed by atoms with Crippen LogP contribution in [0.2, 0.25) is 0 Å². The molecule has 144 valence electrons. The van der Waals surface area contributed by atoms with Gasteiger partial charge in [0.1, 0.15) is 5.84 Å². The van der Waals surface area contributed by atoms with Crippen LogP contribution in [0.4, 0.5) is 5.69 Å². The second-order valence-corrected chi connectivity index (χ2v) is 8.23. The van der Waals surface area contributed by atoms with Crippen LogP contribution in [0.5, 0.6) is 0 Å². The third-order valence-corrected chi connectivity index (χ3v) is 4.52. The van der Waals surface area contributed by atoms with Crippen molar-refractivity contribution in [3.05, 3.63) is 60.2 Å². The number of nitrogens with zero attached hydrogens (tertiary/aromatic N) is 1. The minimum atomic E-state index is -0.299. The molecule has 0 aliphatic carbocycles. The van der Waals surface area contributed by atoms with Crippen LogP contribution in [0.1, 0.15) is 44.5 Å². The summed E-state index contributed by atoms with van der Waals surface area (Å²) in [6, 6.07) is 17.7. The highest BCUT2D eigenvalue weighted by atomic mass is 32.2. The van der Waals surface area contributed by atoms with Crippen molar-refractivity contribution >= 4 is 29.3 Å². The molecule has 0 fully saturated rings. The second-order valence-electron chi connectivity index (χ2n) is 7.06. The average molecular weight is 385 g/mol. The highest BCUT2D eigenvalue weighted by molar-refractivity contribution is 7.99. The Morgan fingerprint density at radius 3 is 2.33 bits per heavy atom. The van der Waals surface area contributed by atoms with Gasteiger partial charge in [0.25, 0.3) is 0 Å². The van der Waals surface area contributed by atoms with Crippen molar-refractivity contribution in [2.45, 2.75) is 44.6 Å². The normalized spacial score (nSPS) is 11.9. The Morgan fingerprint density at radius 1 is 1.07 bits per heavy atom. The zero-order valence-corrected chi connectivity index (χ0v) is 17.3. The number of benzene rings is 2. The molecule has 0 bridgehead atoms. The van der Waals surface area contributed by atoms with Gasteiger partial charge in [-0.15, -0.1) is 11.8 Å². The molecule has 0 saturated heterocycles. The van der Waals surface area contributed by atoms with Gasteiger partial charge >= 0.3 is 5.97 Å². The number of aliphatic imine (C=N–C) groups is 1. The summed E-state index contributed by atoms with van der Waals surface area (Å²) in [5.41, 5.74) is 1.30. The van der Waals surface area contributed by atoms with E-state index < -0.39 is 0 Å². The lowest BCUT2D eigenvalue weighted by molar-refractivity contribution is 0.0526. The van der Waals surface area contributed by atoms with Gasteiger partial charge in [0.05, 0.1) is 17.7 Å². The van der Waals surface area contributed by atoms with Crippen molar-refractivity contribution in [3.8, 4) is 0 Å². The van der Waals surface area contributed by atoms with E-state index in [2.05, 4.69) is 50.4 Å². The van der Waals surface area contributed by atoms with Gasteiger partial charge in [0.15, 0.2) is 0 Å². The van der Waals surface area contributed by atoms with Crippen molar-refractivity contribution in [1.82, 2.24) is 0 Å². The van der Waals surface area contributed by atoms with E-state index in [1.807, 2.05) is 30.0 Å². The van der Waals surface area contributed by atoms with Gasteiger partial charge in [-0.1, -0.05) is 18.2 Å². The molecule has 27 heavy (non-hydrogen) atoms. The Kier molecular flexibility index (Phi) is 7.92. The summed E-state index contributed by atoms with van der Waals surface area (Å²) in [5.74, 6) is 1.58. The van der Waals surface area contributed by atoms with Crippen molar-refractivity contribution in [2.75, 3.05) is 17.7 Å². The molecule has 0 atom stereocenters. The van der Waals surface area contributed by atoms with Crippen LogP contribution in [0.25, 0.3) is 0 Å². The SMILES string of the molecule is CCOC(=O)c1ccc(NC(CCSc2ccccc2)=NC(C)(C)C)cc1. The van der Waals surface area contributed by atoms with E-state index in [0.717, 1.165) is 23.7 Å². The highest BCUT2D eigenvalue weighted by Gasteiger charge is 2.11. The molecule has 5 heteroatoms. The van der Waals surface area contributed by atoms with E-state index >= 15 is 0 Å². The number of ether oxygens (including phenoxy) is 1. The first-order chi connectivity index (χ1) is 12.9. The maximum atomic E-state index is 11.8. The van der Waals surface area contributed by atoms with Crippen molar-refractivity contribution in [2.24, 2.45) is 4.99 Å². The van der Waals surface area contributed by atoms with Crippen molar-refractivity contribution < 1.29 is 9.53 Å². The van der Waals surface area contributed by atoms with Gasteiger partial charge in [-0.2, -0.15) is 0 Å². The lowest BCUT2D eigenvalue weighted by Gasteiger charge is -2.18. The molecule has 0 aromatic heterocycles. The second kappa shape index (κ2) is 10.2. The minimum Gasteiger partial charge on any atom is -0.462 e. The number of anilines is 1. The number of rotatable bonds is 7. The molecule has 0 aliphatic heterocycles. The number of nitrogens with one attached hydrogen (secondary N) is 1. The molecule has 0 saturated carbocycles. The summed E-state index contributed by atoms with van der Waals surface area (Å²) in [4.78, 5) is 17.9. The van der Waals surface area contributed by atoms with Gasteiger partial charge in [0.2, 0.25) is 0 Å². The summed E-state index contributed by atoms with van der Waals surface area (Å²) in [6.45, 7) is 8.44. The van der Waals surface area contributed by atoms with E-state index in [9.17, 15) is 4.79 Å². The zero-order chi connectivity index (χ0) is 19.7. The zero-order valence-electron chi connectivity index (χ0n) is 16.5. The van der Waals surface area contributed by atoms with Gasteiger partial charge in [0, 0.05) is 22.8 Å². The molecule has 2 aromatic carbocycles. The first kappa shape index (κ1) is 21.0. The van der Waals surface area contributed by atoms with E-state index in [1.54, 1.807) is 19.1 Å². The summed E-state index contributed by atoms with van der Waals surface area (Å²) in [5, 5.41) is 3.40. The van der Waals surface area contributed by atoms with Crippen LogP contribution in [0.3, 0.4) is 0 Å². The molecule has 0 amide bonds. The number of hydrogen-bond acceptors (Lipinski definition) is 4. The van der Waals surface area contributed by atoms with Crippen LogP contribution in [0, 0.1) is 0 Å². The third-order valence-electron chi connectivity index (χ3n) is 3.51. The predicted octanol–water partition coefficient (Wildman–Crippen LogP) is 5.65. The fourth-order valence-electron chi connectivity index (χ4n) is 2.40. The van der Waals surface area contributed by atoms with E-state index in [0.29, 0.717) is 12.2 Å². The summed E-state index contributed by atoms with van der Waals surface area (Å²) >= 11 is 1.82. The van der Waals surface area contributed by atoms with Gasteiger partial charge in [-0.05, 0) is 64.1 Å². The molecule has 0 spiro atoms. The Bertz CT molecular complexity index is 750. The molecule has 0 radical (unpaired) electrons. The molecular formula is C22H28N2O2S. The standard InChI is InChI=1S/C22H28N2O2S/c1-5-26-21(25)17-11-13-18(14-12-17)23-20(24-22(2,3)4)15-16-27-19-9-7-6-8-10-19/h6-14H,5,15-16H2,1-4H3,(H,23,24). The van der Waals surface area contributed by atoms with Crippen LogP contribution < -0.4 is 5.32 Å². The molecule has 1 N–H and O–H groups in total. The summed E-state index contributed by atoms with van der Waals surface area (Å²) < 4.78 is 5.02. The Labute approximate surface area is 166 Å². The molecule has 2 rings (SSSR count). The first-order valence-electron chi connectivity index (χ1n) is 9.18. The average Bonchev–Trinajstić information content (AvgIpc) is 2.62. The molecule has 0 heterocycles. The Balaban J connectivity index is 2.02. The number of hydrogen-bond donors (Lipinski definition) is 1. The lowest BCUT2D eigenvalue weighted by Crippen LogP contribution is -2.20. The Hall–Kier alpha value is -2.27. The smallest absolute Gasteiger partial charge is 0.338 e. The number of esters is 1. The quantitative estimate of drug-likeness (QED) is 0.290. The van der Waals surface area contributed by atoms with Crippen LogP contribution in [-0.4, -0.2) is 29.7 Å². The van der Waals surface area contributed by atoms with Gasteiger partial charge in [-0.25, -0.2) is 4.79 Å². The number of carbonyl (C=O) groups excluding carboxylic acids is 1. The first-order valence-corrected chi connectivity index (χ1v) is 10.2. The maximum Gasteiger partial charge on any atom is 0.338 e. The third kappa shape index (κ3) is 7.87. The predicted molar refractivity (Wildman–Crippen MR) is 115 cm³/mol. The molecule has 2 aromatic rings. The fourth-order valence-corrected chi connectivity index (χ4v) is 3.28. The van der Waals surface area contributed by atoms with Crippen molar-refractivity contribution in [1.29, 1.82) is 0 Å². The summed E-state index contributed by atoms with van der Waals surface area (Å²) in [7, 11) is 0. The maximum absolute atomic E-state index is 11.8. The summed E-state index contributed by atoms with van der Waals surface area (Å²) in [6.07, 6.45) is 0.830. The monoisotopic (exact) mass is 384 g/mol. The lowest BCUT2D eigenvalue weighted by atomic mass is 10.1. The largest absolute Gasteiger partial charge is 0.462 e. The van der Waals surface area contributed by atoms with Crippen LogP contribution >= 0.6 is 11.8 Å². The van der Waals surface area contributed by atoms with Gasteiger partial charge in [-0.3, -0.25) is 4.99 Å². The number of amidine groups is 1. The minimum absolute atomic E-state index is 0.162. The molecule has 4 nitrogen and oxygen atoms in total. The molecular weight excluding hydrogens is 356 g/mol. The van der Waals surface area contributed by atoms with Crippen LogP contribution in [-0.2, 0) is 4.74 Å². The Morgan fingerprint density at radius 2 is 1.74 bits per heavy atom. The van der Waals surface area contributed by atoms with E-state index in [4.69, 9.17) is 9.73 Å². The topological polar surface area (TPSA) is 50.7 Å². The van der Waals surface area contributed by atoms with Crippen LogP contribution in [0.15, 0.2) is 64.5 Å². The number of thioether (sulfide) groups is 1. The fraction of sp³-hybridized carbons (Fsp3) is 0.364. The van der Waals surface area contributed by atoms with Gasteiger partial charge < -0.3 is 10.1 Å². The number of carbonyl (C=O) groups is 1. The molecule has 0 aliphatic rings. The van der Waals surface area contributed by atoms with Crippen molar-refractivity contribution in [3.63, 3.8) is 0 Å².